The molecule has 2 heteroatoms. The number of carboxylic acid groups (broad SMARTS) is 1. The molecule has 0 amide bonds. The van der Waals surface area contributed by atoms with E-state index in [9.17, 15) is 4.79 Å². The maximum Gasteiger partial charge on any atom is 0.328 e. The molecule has 0 aromatic heterocycles. The molecular weight excluding hydrogens is 308 g/mol. The van der Waals surface area contributed by atoms with Crippen molar-refractivity contribution in [2.45, 2.75) is 65.7 Å². The second-order valence-electron chi connectivity index (χ2n) is 7.85. The van der Waals surface area contributed by atoms with Crippen molar-refractivity contribution < 1.29 is 9.90 Å². The Balaban J connectivity index is 2.34. The van der Waals surface area contributed by atoms with Crippen molar-refractivity contribution in [3.05, 3.63) is 64.3 Å². The first kappa shape index (κ1) is 19.2. The fourth-order valence-electron chi connectivity index (χ4n) is 3.71. The van der Waals surface area contributed by atoms with Gasteiger partial charge in [0, 0.05) is 6.08 Å². The molecule has 0 atom stereocenters. The Morgan fingerprint density at radius 3 is 2.60 bits per heavy atom. The molecule has 1 aliphatic carbocycles. The summed E-state index contributed by atoms with van der Waals surface area (Å²) in [6.45, 7) is 10.8. The highest BCUT2D eigenvalue weighted by Gasteiger charge is 2.26. The average molecular weight is 338 g/mol. The number of rotatable bonds is 4. The topological polar surface area (TPSA) is 37.3 Å². The van der Waals surface area contributed by atoms with Crippen LogP contribution >= 0.6 is 0 Å². The van der Waals surface area contributed by atoms with Gasteiger partial charge in [-0.25, -0.2) is 4.79 Å². The molecule has 0 saturated heterocycles. The molecule has 25 heavy (non-hydrogen) atoms. The maximum atomic E-state index is 10.7. The Morgan fingerprint density at radius 2 is 1.92 bits per heavy atom. The van der Waals surface area contributed by atoms with Gasteiger partial charge in [0.1, 0.15) is 0 Å². The van der Waals surface area contributed by atoms with Crippen LogP contribution in [0.1, 0.15) is 69.2 Å². The highest BCUT2D eigenvalue weighted by molar-refractivity contribution is 5.81. The number of hydrogen-bond acceptors (Lipinski definition) is 1. The monoisotopic (exact) mass is 338 g/mol. The van der Waals surface area contributed by atoms with Gasteiger partial charge in [-0.1, -0.05) is 50.6 Å². The van der Waals surface area contributed by atoms with E-state index in [4.69, 9.17) is 5.11 Å². The molecule has 134 valence electrons. The summed E-state index contributed by atoms with van der Waals surface area (Å²) >= 11 is 0. The van der Waals surface area contributed by atoms with Crippen molar-refractivity contribution in [3.8, 4) is 0 Å². The van der Waals surface area contributed by atoms with Crippen LogP contribution in [0.2, 0.25) is 0 Å². The van der Waals surface area contributed by atoms with Gasteiger partial charge >= 0.3 is 5.97 Å². The van der Waals surface area contributed by atoms with E-state index in [-0.39, 0.29) is 5.41 Å². The van der Waals surface area contributed by atoms with Crippen LogP contribution in [0.25, 0.3) is 5.57 Å². The van der Waals surface area contributed by atoms with Crippen LogP contribution in [0.5, 0.6) is 0 Å². The van der Waals surface area contributed by atoms with Crippen LogP contribution in [0.15, 0.2) is 42.0 Å². The number of fused-ring (bicyclic) bond motifs is 1. The van der Waals surface area contributed by atoms with E-state index in [1.807, 2.05) is 12.2 Å². The summed E-state index contributed by atoms with van der Waals surface area (Å²) in [6, 6.07) is 4.75. The van der Waals surface area contributed by atoms with Gasteiger partial charge in [-0.3, -0.25) is 0 Å². The molecular formula is C23H30O2. The van der Waals surface area contributed by atoms with Crippen LogP contribution in [0.3, 0.4) is 0 Å². The quantitative estimate of drug-likeness (QED) is 0.416. The zero-order chi connectivity index (χ0) is 18.6. The Labute approximate surface area is 152 Å². The number of carbonyl (C=O) groups is 1. The van der Waals surface area contributed by atoms with Gasteiger partial charge in [-0.05, 0) is 78.8 Å². The fourth-order valence-corrected chi connectivity index (χ4v) is 3.71. The summed E-state index contributed by atoms with van der Waals surface area (Å²) in [6.07, 6.45) is 12.0. The zero-order valence-electron chi connectivity index (χ0n) is 16.1. The van der Waals surface area contributed by atoms with E-state index in [2.05, 4.69) is 45.9 Å². The predicted molar refractivity (Wildman–Crippen MR) is 106 cm³/mol. The highest BCUT2D eigenvalue weighted by atomic mass is 16.4. The van der Waals surface area contributed by atoms with E-state index in [0.29, 0.717) is 0 Å². The third-order valence-corrected chi connectivity index (χ3v) is 5.16. The number of hydrogen-bond donors (Lipinski definition) is 1. The average Bonchev–Trinajstić information content (AvgIpc) is 2.64. The molecule has 0 aliphatic heterocycles. The molecule has 1 N–H and O–H groups in total. The molecule has 1 aromatic rings. The first-order chi connectivity index (χ1) is 11.7. The molecule has 1 aromatic carbocycles. The fraction of sp³-hybridized carbons (Fsp3) is 0.435. The summed E-state index contributed by atoms with van der Waals surface area (Å²) in [7, 11) is 0. The van der Waals surface area contributed by atoms with Crippen molar-refractivity contribution in [1.82, 2.24) is 0 Å². The molecule has 0 heterocycles. The minimum Gasteiger partial charge on any atom is -0.478 e. The van der Waals surface area contributed by atoms with Crippen molar-refractivity contribution >= 4 is 11.5 Å². The number of aliphatic carboxylic acids is 1. The summed E-state index contributed by atoms with van der Waals surface area (Å²) < 4.78 is 0. The Bertz CT molecular complexity index is 746. The lowest BCUT2D eigenvalue weighted by molar-refractivity contribution is -0.131. The van der Waals surface area contributed by atoms with E-state index in [1.54, 1.807) is 6.92 Å². The smallest absolute Gasteiger partial charge is 0.328 e. The van der Waals surface area contributed by atoms with E-state index < -0.39 is 5.97 Å². The molecule has 0 fully saturated rings. The third-order valence-electron chi connectivity index (χ3n) is 5.16. The van der Waals surface area contributed by atoms with Crippen LogP contribution < -0.4 is 0 Å². The minimum absolute atomic E-state index is 0.255. The van der Waals surface area contributed by atoms with Crippen molar-refractivity contribution in [2.24, 2.45) is 0 Å². The summed E-state index contributed by atoms with van der Waals surface area (Å²) in [4.78, 5) is 10.7. The van der Waals surface area contributed by atoms with Crippen molar-refractivity contribution in [1.29, 1.82) is 0 Å². The second-order valence-corrected chi connectivity index (χ2v) is 7.85. The lowest BCUT2D eigenvalue weighted by Crippen LogP contribution is -2.17. The molecule has 0 unspecified atom stereocenters. The SMILES string of the molecule is CC(C=CC=C(C)c1cc2c(cc1C)C(C)(C)CCCC2)=CC(=O)O. The number of benzene rings is 1. The second kappa shape index (κ2) is 7.86. The van der Waals surface area contributed by atoms with E-state index in [0.717, 1.165) is 12.0 Å². The lowest BCUT2D eigenvalue weighted by atomic mass is 9.78. The van der Waals surface area contributed by atoms with E-state index >= 15 is 0 Å². The number of carboxylic acids is 1. The Morgan fingerprint density at radius 1 is 1.20 bits per heavy atom. The summed E-state index contributed by atoms with van der Waals surface area (Å²) in [5.74, 6) is -0.910. The zero-order valence-corrected chi connectivity index (χ0v) is 16.1. The summed E-state index contributed by atoms with van der Waals surface area (Å²) in [5.41, 5.74) is 7.80. The number of aryl methyl sites for hydroxylation is 2. The number of allylic oxidation sites excluding steroid dienone is 5. The largest absolute Gasteiger partial charge is 0.478 e. The van der Waals surface area contributed by atoms with Gasteiger partial charge in [-0.2, -0.15) is 0 Å². The van der Waals surface area contributed by atoms with Crippen LogP contribution in [-0.4, -0.2) is 11.1 Å². The normalized spacial score (nSPS) is 18.1. The Hall–Kier alpha value is -2.09. The van der Waals surface area contributed by atoms with Crippen molar-refractivity contribution in [2.75, 3.05) is 0 Å². The van der Waals surface area contributed by atoms with Crippen LogP contribution in [0, 0.1) is 6.92 Å². The lowest BCUT2D eigenvalue weighted by Gasteiger charge is -2.27. The van der Waals surface area contributed by atoms with Gasteiger partial charge < -0.3 is 5.11 Å². The molecule has 2 rings (SSSR count). The Kier molecular flexibility index (Phi) is 6.05. The molecule has 0 saturated carbocycles. The molecule has 0 spiro atoms. The van der Waals surface area contributed by atoms with Gasteiger partial charge in [0.05, 0.1) is 0 Å². The minimum atomic E-state index is -0.910. The molecule has 0 bridgehead atoms. The highest BCUT2D eigenvalue weighted by Crippen LogP contribution is 2.38. The molecule has 1 aliphatic rings. The summed E-state index contributed by atoms with van der Waals surface area (Å²) in [5, 5.41) is 8.76. The molecule has 2 nitrogen and oxygen atoms in total. The third kappa shape index (κ3) is 4.94. The van der Waals surface area contributed by atoms with Crippen LogP contribution in [0.4, 0.5) is 0 Å². The van der Waals surface area contributed by atoms with Gasteiger partial charge in [0.2, 0.25) is 0 Å². The first-order valence-electron chi connectivity index (χ1n) is 9.11. The van der Waals surface area contributed by atoms with Crippen molar-refractivity contribution in [3.63, 3.8) is 0 Å². The predicted octanol–water partition coefficient (Wildman–Crippen LogP) is 5.99. The van der Waals surface area contributed by atoms with Gasteiger partial charge in [0.25, 0.3) is 0 Å². The van der Waals surface area contributed by atoms with Crippen LogP contribution in [-0.2, 0) is 16.6 Å². The maximum absolute atomic E-state index is 10.7. The van der Waals surface area contributed by atoms with Gasteiger partial charge in [-0.15, -0.1) is 0 Å². The standard InChI is InChI=1S/C23H30O2/c1-16(13-22(24)25)9-8-10-17(2)20-15-19-11-6-7-12-23(4,5)21(19)14-18(20)3/h8-10,13-15H,6-7,11-12H2,1-5H3,(H,24,25). The van der Waals surface area contributed by atoms with E-state index in [1.165, 1.54) is 53.2 Å². The molecule has 0 radical (unpaired) electrons. The first-order valence-corrected chi connectivity index (χ1v) is 9.11. The van der Waals surface area contributed by atoms with Gasteiger partial charge in [0.15, 0.2) is 0 Å².